The van der Waals surface area contributed by atoms with Crippen LogP contribution in [0.25, 0.3) is 10.9 Å². The highest BCUT2D eigenvalue weighted by Gasteiger charge is 2.21. The normalized spacial score (nSPS) is 11.6. The monoisotopic (exact) mass is 414 g/mol. The highest BCUT2D eigenvalue weighted by Crippen LogP contribution is 2.35. The average molecular weight is 415 g/mol. The van der Waals surface area contributed by atoms with E-state index >= 15 is 0 Å². The highest BCUT2D eigenvalue weighted by atomic mass is 16.6. The zero-order valence-electron chi connectivity index (χ0n) is 18.5. The minimum absolute atomic E-state index is 0.0870. The minimum Gasteiger partial charge on any atom is -0.485 e. The number of pyridine rings is 1. The van der Waals surface area contributed by atoms with E-state index in [2.05, 4.69) is 19.9 Å². The highest BCUT2D eigenvalue weighted by molar-refractivity contribution is 5.89. The van der Waals surface area contributed by atoms with Crippen molar-refractivity contribution in [2.75, 3.05) is 6.61 Å². The van der Waals surface area contributed by atoms with Crippen LogP contribution >= 0.6 is 0 Å². The quantitative estimate of drug-likeness (QED) is 0.316. The summed E-state index contributed by atoms with van der Waals surface area (Å²) in [5, 5.41) is 11.8. The van der Waals surface area contributed by atoms with Crippen LogP contribution in [0.1, 0.15) is 47.5 Å². The van der Waals surface area contributed by atoms with Gasteiger partial charge in [0, 0.05) is 24.6 Å². The molecule has 0 unspecified atom stereocenters. The summed E-state index contributed by atoms with van der Waals surface area (Å²) in [4.78, 5) is 23.6. The van der Waals surface area contributed by atoms with Gasteiger partial charge in [0.05, 0.1) is 16.5 Å². The molecule has 1 heterocycles. The largest absolute Gasteiger partial charge is 0.485 e. The van der Waals surface area contributed by atoms with Gasteiger partial charge in [0.1, 0.15) is 6.61 Å². The smallest absolute Gasteiger partial charge is 0.297 e. The van der Waals surface area contributed by atoms with Crippen molar-refractivity contribution in [1.29, 1.82) is 0 Å². The lowest BCUT2D eigenvalue weighted by molar-refractivity contribution is -0.384. The summed E-state index contributed by atoms with van der Waals surface area (Å²) in [5.74, 6) is 0.425. The number of ether oxygens (including phenoxy) is 2. The summed E-state index contributed by atoms with van der Waals surface area (Å²) >= 11 is 0. The first-order valence-corrected chi connectivity index (χ1v) is 10.0. The lowest BCUT2D eigenvalue weighted by atomic mass is 10.1. The number of allylic oxidation sites excluding steroid dienone is 3. The number of hydrogen-bond acceptors (Lipinski definition) is 5. The summed E-state index contributed by atoms with van der Waals surface area (Å²) in [6.07, 6.45) is 5.83. The molecule has 1 aromatic carbocycles. The molecule has 162 valence electrons. The lowest BCUT2D eigenvalue weighted by Crippen LogP contribution is -2.23. The summed E-state index contributed by atoms with van der Waals surface area (Å²) in [5.41, 5.74) is 2.41. The maximum absolute atomic E-state index is 12.9. The Morgan fingerprint density at radius 3 is 2.50 bits per heavy atom. The van der Waals surface area contributed by atoms with Crippen LogP contribution in [0.5, 0.6) is 11.5 Å². The lowest BCUT2D eigenvalue weighted by Gasteiger charge is -2.18. The number of non-ortho nitro benzene ring substituents is 1. The van der Waals surface area contributed by atoms with E-state index in [1.807, 2.05) is 26.8 Å². The zero-order chi connectivity index (χ0) is 22.4. The van der Waals surface area contributed by atoms with Crippen LogP contribution in [-0.4, -0.2) is 22.2 Å². The summed E-state index contributed by atoms with van der Waals surface area (Å²) in [6.45, 7) is 10.1. The predicted molar refractivity (Wildman–Crippen MR) is 120 cm³/mol. The van der Waals surface area contributed by atoms with Gasteiger partial charge in [0.25, 0.3) is 11.2 Å². The Morgan fingerprint density at radius 1 is 1.20 bits per heavy atom. The molecular weight excluding hydrogens is 384 g/mol. The van der Waals surface area contributed by atoms with Crippen LogP contribution in [0.15, 0.2) is 46.3 Å². The number of hydrogen-bond donors (Lipinski definition) is 0. The Balaban J connectivity index is 2.45. The number of nitro groups is 1. The van der Waals surface area contributed by atoms with Crippen molar-refractivity contribution in [1.82, 2.24) is 4.57 Å². The fourth-order valence-corrected chi connectivity index (χ4v) is 3.03. The minimum atomic E-state index is -0.485. The summed E-state index contributed by atoms with van der Waals surface area (Å²) in [6, 6.07) is 4.38. The van der Waals surface area contributed by atoms with Crippen LogP contribution in [0, 0.1) is 10.1 Å². The third-order valence-electron chi connectivity index (χ3n) is 4.61. The van der Waals surface area contributed by atoms with Crippen molar-refractivity contribution in [3.05, 3.63) is 62.0 Å². The molecule has 0 amide bonds. The molecule has 0 saturated carbocycles. The maximum Gasteiger partial charge on any atom is 0.297 e. The average Bonchev–Trinajstić information content (AvgIpc) is 2.67. The van der Waals surface area contributed by atoms with Crippen molar-refractivity contribution in [3.63, 3.8) is 0 Å². The van der Waals surface area contributed by atoms with E-state index in [9.17, 15) is 14.9 Å². The van der Waals surface area contributed by atoms with Gasteiger partial charge in [-0.05, 0) is 59.6 Å². The Bertz CT molecular complexity index is 1040. The van der Waals surface area contributed by atoms with Gasteiger partial charge < -0.3 is 14.0 Å². The van der Waals surface area contributed by atoms with Crippen LogP contribution in [-0.2, 0) is 7.05 Å². The summed E-state index contributed by atoms with van der Waals surface area (Å²) < 4.78 is 13.1. The van der Waals surface area contributed by atoms with Gasteiger partial charge in [-0.1, -0.05) is 17.2 Å². The molecule has 0 spiro atoms. The van der Waals surface area contributed by atoms with Gasteiger partial charge in [-0.15, -0.1) is 0 Å². The molecule has 0 aliphatic heterocycles. The molecule has 0 saturated heterocycles. The predicted octanol–water partition coefficient (Wildman–Crippen LogP) is 5.31. The van der Waals surface area contributed by atoms with Gasteiger partial charge in [0.15, 0.2) is 5.75 Å². The molecule has 30 heavy (non-hydrogen) atoms. The Morgan fingerprint density at radius 2 is 1.90 bits per heavy atom. The van der Waals surface area contributed by atoms with Crippen LogP contribution < -0.4 is 15.0 Å². The van der Waals surface area contributed by atoms with E-state index in [-0.39, 0.29) is 24.1 Å². The maximum atomic E-state index is 12.9. The number of nitrogens with zero attached hydrogens (tertiary/aromatic N) is 2. The molecule has 0 fully saturated rings. The van der Waals surface area contributed by atoms with Crippen molar-refractivity contribution >= 4 is 16.6 Å². The molecule has 0 radical (unpaired) electrons. The standard InChI is InChI=1S/C23H30N2O5/c1-15(2)8-7-9-17(5)12-13-29-21-19-11-10-18(25(27)28)14-20(19)24(6)23(26)22(21)30-16(3)4/h8,10-12,14,16H,7,9,13H2,1-6H3/b17-12+. The first-order chi connectivity index (χ1) is 14.1. The molecule has 7 nitrogen and oxygen atoms in total. The molecule has 0 bridgehead atoms. The fourth-order valence-electron chi connectivity index (χ4n) is 3.03. The van der Waals surface area contributed by atoms with E-state index in [1.165, 1.54) is 27.8 Å². The van der Waals surface area contributed by atoms with Crippen molar-refractivity contribution < 1.29 is 14.4 Å². The number of aryl methyl sites for hydroxylation is 1. The molecule has 2 aromatic rings. The van der Waals surface area contributed by atoms with Crippen LogP contribution in [0.2, 0.25) is 0 Å². The Labute approximate surface area is 176 Å². The first-order valence-electron chi connectivity index (χ1n) is 10.0. The molecule has 0 atom stereocenters. The number of fused-ring (bicyclic) bond motifs is 1. The molecule has 1 aromatic heterocycles. The van der Waals surface area contributed by atoms with Crippen molar-refractivity contribution in [2.24, 2.45) is 7.05 Å². The molecule has 0 N–H and O–H groups in total. The van der Waals surface area contributed by atoms with E-state index in [1.54, 1.807) is 13.1 Å². The number of aromatic nitrogens is 1. The van der Waals surface area contributed by atoms with Gasteiger partial charge in [0.2, 0.25) is 5.75 Å². The Kier molecular flexibility index (Phi) is 7.80. The van der Waals surface area contributed by atoms with Gasteiger partial charge in [-0.25, -0.2) is 0 Å². The molecule has 7 heteroatoms. The SMILES string of the molecule is CC(C)=CCC/C(C)=C/COc1c(OC(C)C)c(=O)n(C)c2cc([N+](=O)[O-])ccc12. The van der Waals surface area contributed by atoms with Gasteiger partial charge >= 0.3 is 0 Å². The third kappa shape index (κ3) is 5.72. The zero-order valence-corrected chi connectivity index (χ0v) is 18.5. The molecule has 2 rings (SSSR count). The van der Waals surface area contributed by atoms with E-state index < -0.39 is 10.5 Å². The number of benzene rings is 1. The molecular formula is C23H30N2O5. The van der Waals surface area contributed by atoms with E-state index in [0.29, 0.717) is 16.7 Å². The second-order valence-electron chi connectivity index (χ2n) is 7.83. The third-order valence-corrected chi connectivity index (χ3v) is 4.61. The van der Waals surface area contributed by atoms with Gasteiger partial charge in [-0.2, -0.15) is 0 Å². The topological polar surface area (TPSA) is 83.6 Å². The molecule has 0 aliphatic carbocycles. The number of nitro benzene ring substituents is 1. The number of rotatable bonds is 9. The van der Waals surface area contributed by atoms with Crippen LogP contribution in [0.3, 0.4) is 0 Å². The van der Waals surface area contributed by atoms with Crippen molar-refractivity contribution in [2.45, 2.75) is 53.6 Å². The van der Waals surface area contributed by atoms with Gasteiger partial charge in [-0.3, -0.25) is 14.9 Å². The van der Waals surface area contributed by atoms with Crippen molar-refractivity contribution in [3.8, 4) is 11.5 Å². The van der Waals surface area contributed by atoms with E-state index in [0.717, 1.165) is 12.8 Å². The summed E-state index contributed by atoms with van der Waals surface area (Å²) in [7, 11) is 1.57. The van der Waals surface area contributed by atoms with E-state index in [4.69, 9.17) is 9.47 Å². The second kappa shape index (κ2) is 10.1. The first kappa shape index (κ1) is 23.2. The second-order valence-corrected chi connectivity index (χ2v) is 7.83. The fraction of sp³-hybridized carbons (Fsp3) is 0.435. The molecule has 0 aliphatic rings. The Hall–Kier alpha value is -3.09. The van der Waals surface area contributed by atoms with Crippen LogP contribution in [0.4, 0.5) is 5.69 Å².